The van der Waals surface area contributed by atoms with Crippen molar-refractivity contribution in [1.29, 1.82) is 0 Å². The monoisotopic (exact) mass is 308 g/mol. The van der Waals surface area contributed by atoms with Gasteiger partial charge in [0.05, 0.1) is 11.8 Å². The summed E-state index contributed by atoms with van der Waals surface area (Å²) in [6.07, 6.45) is 5.03. The normalized spacial score (nSPS) is 12.3. The van der Waals surface area contributed by atoms with Crippen molar-refractivity contribution < 1.29 is 5.11 Å². The van der Waals surface area contributed by atoms with E-state index in [1.807, 2.05) is 61.9 Å². The highest BCUT2D eigenvalue weighted by atomic mass is 16.3. The standard InChI is InChI=1S/C18H20N4O/c1-22-13-16(18(21-22)15-8-5-9-19-10-15)11-20-12-17(23)14-6-3-2-4-7-14/h2-10,13,17,20,23H,11-12H2,1H3/t17-/m1/s1. The Bertz CT molecular complexity index is 740. The minimum absolute atomic E-state index is 0.491. The van der Waals surface area contributed by atoms with E-state index in [1.54, 1.807) is 10.9 Å². The number of aliphatic hydroxyl groups is 1. The topological polar surface area (TPSA) is 63.0 Å². The summed E-state index contributed by atoms with van der Waals surface area (Å²) >= 11 is 0. The molecule has 3 rings (SSSR count). The van der Waals surface area contributed by atoms with Gasteiger partial charge in [0.25, 0.3) is 0 Å². The Labute approximate surface area is 135 Å². The second kappa shape index (κ2) is 7.17. The van der Waals surface area contributed by atoms with Gasteiger partial charge >= 0.3 is 0 Å². The zero-order chi connectivity index (χ0) is 16.1. The van der Waals surface area contributed by atoms with E-state index >= 15 is 0 Å². The van der Waals surface area contributed by atoms with Crippen LogP contribution in [0.2, 0.25) is 0 Å². The maximum Gasteiger partial charge on any atom is 0.0983 e. The van der Waals surface area contributed by atoms with Gasteiger partial charge in [0.1, 0.15) is 0 Å². The van der Waals surface area contributed by atoms with Crippen LogP contribution in [-0.4, -0.2) is 26.4 Å². The van der Waals surface area contributed by atoms with Gasteiger partial charge in [0, 0.05) is 49.9 Å². The molecular formula is C18H20N4O. The van der Waals surface area contributed by atoms with Crippen LogP contribution in [0.25, 0.3) is 11.3 Å². The van der Waals surface area contributed by atoms with Gasteiger partial charge in [-0.3, -0.25) is 9.67 Å². The number of hydrogen-bond acceptors (Lipinski definition) is 4. The van der Waals surface area contributed by atoms with Crippen LogP contribution in [0, 0.1) is 0 Å². The van der Waals surface area contributed by atoms with E-state index in [4.69, 9.17) is 0 Å². The van der Waals surface area contributed by atoms with Crippen LogP contribution in [0.3, 0.4) is 0 Å². The molecule has 0 spiro atoms. The SMILES string of the molecule is Cn1cc(CNC[C@@H](O)c2ccccc2)c(-c2cccnc2)n1. The second-order valence-corrected chi connectivity index (χ2v) is 5.48. The molecule has 0 aliphatic heterocycles. The lowest BCUT2D eigenvalue weighted by Crippen LogP contribution is -2.21. The first-order valence-electron chi connectivity index (χ1n) is 7.60. The Kier molecular flexibility index (Phi) is 4.80. The second-order valence-electron chi connectivity index (χ2n) is 5.48. The van der Waals surface area contributed by atoms with Gasteiger partial charge in [-0.25, -0.2) is 0 Å². The first-order chi connectivity index (χ1) is 11.2. The summed E-state index contributed by atoms with van der Waals surface area (Å²) < 4.78 is 1.80. The zero-order valence-electron chi connectivity index (χ0n) is 13.1. The van der Waals surface area contributed by atoms with Crippen LogP contribution in [0.4, 0.5) is 0 Å². The molecule has 1 aromatic carbocycles. The number of nitrogens with one attached hydrogen (secondary N) is 1. The number of rotatable bonds is 6. The molecule has 0 fully saturated rings. The molecule has 0 radical (unpaired) electrons. The van der Waals surface area contributed by atoms with E-state index < -0.39 is 6.10 Å². The average Bonchev–Trinajstić information content (AvgIpc) is 2.97. The molecule has 0 amide bonds. The van der Waals surface area contributed by atoms with Gasteiger partial charge in [-0.1, -0.05) is 30.3 Å². The van der Waals surface area contributed by atoms with Crippen molar-refractivity contribution in [3.63, 3.8) is 0 Å². The average molecular weight is 308 g/mol. The van der Waals surface area contributed by atoms with E-state index in [2.05, 4.69) is 15.4 Å². The number of benzene rings is 1. The van der Waals surface area contributed by atoms with Gasteiger partial charge in [-0.2, -0.15) is 5.10 Å². The van der Waals surface area contributed by atoms with Crippen LogP contribution in [0.5, 0.6) is 0 Å². The summed E-state index contributed by atoms with van der Waals surface area (Å²) in [6, 6.07) is 13.6. The third-order valence-electron chi connectivity index (χ3n) is 3.68. The molecule has 2 heterocycles. The first-order valence-corrected chi connectivity index (χ1v) is 7.60. The molecule has 0 saturated heterocycles. The molecule has 2 aromatic heterocycles. The predicted molar refractivity (Wildman–Crippen MR) is 89.5 cm³/mol. The third-order valence-corrected chi connectivity index (χ3v) is 3.68. The molecule has 3 aromatic rings. The number of aliphatic hydroxyl groups excluding tert-OH is 1. The molecule has 0 unspecified atom stereocenters. The Morgan fingerprint density at radius 3 is 2.74 bits per heavy atom. The number of pyridine rings is 1. The van der Waals surface area contributed by atoms with E-state index in [0.29, 0.717) is 13.1 Å². The van der Waals surface area contributed by atoms with E-state index in [0.717, 1.165) is 22.4 Å². The van der Waals surface area contributed by atoms with Gasteiger partial charge < -0.3 is 10.4 Å². The summed E-state index contributed by atoms with van der Waals surface area (Å²) in [5, 5.41) is 18.0. The fraction of sp³-hybridized carbons (Fsp3) is 0.222. The maximum absolute atomic E-state index is 10.2. The molecule has 5 heteroatoms. The lowest BCUT2D eigenvalue weighted by molar-refractivity contribution is 0.174. The van der Waals surface area contributed by atoms with Crippen molar-refractivity contribution in [2.45, 2.75) is 12.6 Å². The van der Waals surface area contributed by atoms with Crippen molar-refractivity contribution in [3.05, 3.63) is 72.2 Å². The number of aryl methyl sites for hydroxylation is 1. The van der Waals surface area contributed by atoms with Crippen molar-refractivity contribution in [2.75, 3.05) is 6.54 Å². The Morgan fingerprint density at radius 2 is 2.00 bits per heavy atom. The van der Waals surface area contributed by atoms with Gasteiger partial charge in [-0.05, 0) is 17.7 Å². The van der Waals surface area contributed by atoms with Crippen LogP contribution in [0.1, 0.15) is 17.2 Å². The zero-order valence-corrected chi connectivity index (χ0v) is 13.1. The Hall–Kier alpha value is -2.50. The van der Waals surface area contributed by atoms with Crippen molar-refractivity contribution in [3.8, 4) is 11.3 Å². The molecule has 23 heavy (non-hydrogen) atoms. The predicted octanol–water partition coefficient (Wildman–Crippen LogP) is 2.31. The number of nitrogens with zero attached hydrogens (tertiary/aromatic N) is 3. The minimum atomic E-state index is -0.519. The largest absolute Gasteiger partial charge is 0.387 e. The van der Waals surface area contributed by atoms with Crippen LogP contribution < -0.4 is 5.32 Å². The Morgan fingerprint density at radius 1 is 1.17 bits per heavy atom. The van der Waals surface area contributed by atoms with E-state index in [1.165, 1.54) is 0 Å². The third kappa shape index (κ3) is 3.83. The minimum Gasteiger partial charge on any atom is -0.387 e. The van der Waals surface area contributed by atoms with E-state index in [-0.39, 0.29) is 0 Å². The van der Waals surface area contributed by atoms with Crippen molar-refractivity contribution >= 4 is 0 Å². The molecule has 0 aliphatic rings. The molecule has 0 bridgehead atoms. The van der Waals surface area contributed by atoms with Crippen LogP contribution >= 0.6 is 0 Å². The fourth-order valence-electron chi connectivity index (χ4n) is 2.55. The smallest absolute Gasteiger partial charge is 0.0983 e. The molecule has 0 saturated carbocycles. The highest BCUT2D eigenvalue weighted by Gasteiger charge is 2.11. The summed E-state index contributed by atoms with van der Waals surface area (Å²) in [5.41, 5.74) is 3.91. The number of aromatic nitrogens is 3. The molecule has 2 N–H and O–H groups in total. The van der Waals surface area contributed by atoms with Crippen molar-refractivity contribution in [1.82, 2.24) is 20.1 Å². The van der Waals surface area contributed by atoms with Crippen molar-refractivity contribution in [2.24, 2.45) is 7.05 Å². The van der Waals surface area contributed by atoms with Gasteiger partial charge in [-0.15, -0.1) is 0 Å². The lowest BCUT2D eigenvalue weighted by Gasteiger charge is -2.12. The quantitative estimate of drug-likeness (QED) is 0.733. The first kappa shape index (κ1) is 15.4. The molecule has 5 nitrogen and oxygen atoms in total. The summed E-state index contributed by atoms with van der Waals surface area (Å²) in [7, 11) is 1.90. The van der Waals surface area contributed by atoms with Gasteiger partial charge in [0.2, 0.25) is 0 Å². The van der Waals surface area contributed by atoms with Gasteiger partial charge in [0.15, 0.2) is 0 Å². The maximum atomic E-state index is 10.2. The molecule has 118 valence electrons. The molecule has 0 aliphatic carbocycles. The summed E-state index contributed by atoms with van der Waals surface area (Å²) in [5.74, 6) is 0. The van der Waals surface area contributed by atoms with Crippen LogP contribution in [0.15, 0.2) is 61.1 Å². The highest BCUT2D eigenvalue weighted by Crippen LogP contribution is 2.20. The van der Waals surface area contributed by atoms with E-state index in [9.17, 15) is 5.11 Å². The number of hydrogen-bond donors (Lipinski definition) is 2. The van der Waals surface area contributed by atoms with Crippen LogP contribution in [-0.2, 0) is 13.6 Å². The Balaban J connectivity index is 1.65. The molecule has 1 atom stereocenters. The summed E-state index contributed by atoms with van der Waals surface area (Å²) in [6.45, 7) is 1.13. The molecular weight excluding hydrogens is 288 g/mol. The fourth-order valence-corrected chi connectivity index (χ4v) is 2.55. The lowest BCUT2D eigenvalue weighted by atomic mass is 10.1. The summed E-state index contributed by atoms with van der Waals surface area (Å²) in [4.78, 5) is 4.15. The highest BCUT2D eigenvalue weighted by molar-refractivity contribution is 5.61.